The fourth-order valence-electron chi connectivity index (χ4n) is 1.10. The maximum absolute atomic E-state index is 11.1. The van der Waals surface area contributed by atoms with Gasteiger partial charge in [-0.3, -0.25) is 9.59 Å². The molecule has 0 aliphatic rings. The van der Waals surface area contributed by atoms with Crippen LogP contribution in [0.25, 0.3) is 0 Å². The number of hydrogen-bond acceptors (Lipinski definition) is 3. The molecule has 0 fully saturated rings. The van der Waals surface area contributed by atoms with Crippen molar-refractivity contribution in [2.75, 3.05) is 12.4 Å². The number of carbonyl (C=O) groups is 2. The molecule has 0 bridgehead atoms. The summed E-state index contributed by atoms with van der Waals surface area (Å²) < 4.78 is 5.01. The van der Waals surface area contributed by atoms with Gasteiger partial charge >= 0.3 is 11.8 Å². The van der Waals surface area contributed by atoms with Gasteiger partial charge in [-0.15, -0.1) is 0 Å². The van der Waals surface area contributed by atoms with Gasteiger partial charge < -0.3 is 15.8 Å². The smallest absolute Gasteiger partial charge is 0.313 e. The average molecular weight is 208 g/mol. The van der Waals surface area contributed by atoms with Crippen molar-refractivity contribution in [3.8, 4) is 5.75 Å². The first-order valence-electron chi connectivity index (χ1n) is 4.30. The van der Waals surface area contributed by atoms with Crippen molar-refractivity contribution in [2.24, 2.45) is 5.73 Å². The van der Waals surface area contributed by atoms with Crippen molar-refractivity contribution in [3.63, 3.8) is 0 Å². The van der Waals surface area contributed by atoms with Crippen LogP contribution in [-0.4, -0.2) is 18.9 Å². The lowest BCUT2D eigenvalue weighted by molar-refractivity contribution is -0.134. The molecule has 0 radical (unpaired) electrons. The van der Waals surface area contributed by atoms with Crippen LogP contribution in [0.3, 0.4) is 0 Å². The van der Waals surface area contributed by atoms with Gasteiger partial charge in [0, 0.05) is 0 Å². The van der Waals surface area contributed by atoms with Crippen LogP contribution in [0.1, 0.15) is 5.56 Å². The molecule has 80 valence electrons. The monoisotopic (exact) mass is 208 g/mol. The minimum absolute atomic E-state index is 0.432. The summed E-state index contributed by atoms with van der Waals surface area (Å²) in [5.74, 6) is -1.41. The maximum Gasteiger partial charge on any atom is 0.313 e. The summed E-state index contributed by atoms with van der Waals surface area (Å²) in [6.07, 6.45) is 0. The molecule has 3 N–H and O–H groups in total. The van der Waals surface area contributed by atoms with Crippen LogP contribution in [0.4, 0.5) is 5.69 Å². The van der Waals surface area contributed by atoms with E-state index in [4.69, 9.17) is 10.5 Å². The van der Waals surface area contributed by atoms with Gasteiger partial charge in [-0.1, -0.05) is 6.07 Å². The zero-order valence-corrected chi connectivity index (χ0v) is 8.53. The fraction of sp³-hybridized carbons (Fsp3) is 0.200. The first-order valence-corrected chi connectivity index (χ1v) is 4.30. The lowest BCUT2D eigenvalue weighted by Gasteiger charge is -2.09. The van der Waals surface area contributed by atoms with Gasteiger partial charge in [0.2, 0.25) is 0 Å². The molecule has 0 saturated heterocycles. The highest BCUT2D eigenvalue weighted by atomic mass is 16.5. The Balaban J connectivity index is 2.97. The quantitative estimate of drug-likeness (QED) is 0.691. The van der Waals surface area contributed by atoms with E-state index in [1.165, 1.54) is 7.11 Å². The van der Waals surface area contributed by atoms with Crippen LogP contribution in [0.15, 0.2) is 18.2 Å². The predicted molar refractivity (Wildman–Crippen MR) is 55.6 cm³/mol. The highest BCUT2D eigenvalue weighted by Gasteiger charge is 2.11. The molecule has 15 heavy (non-hydrogen) atoms. The highest BCUT2D eigenvalue weighted by molar-refractivity contribution is 6.39. The van der Waals surface area contributed by atoms with Crippen molar-refractivity contribution in [3.05, 3.63) is 23.8 Å². The summed E-state index contributed by atoms with van der Waals surface area (Å²) in [5.41, 5.74) is 6.19. The Morgan fingerprint density at radius 2 is 2.07 bits per heavy atom. The summed E-state index contributed by atoms with van der Waals surface area (Å²) in [5, 5.41) is 2.36. The number of anilines is 1. The Bertz CT molecular complexity index is 402. The van der Waals surface area contributed by atoms with E-state index >= 15 is 0 Å². The first-order chi connectivity index (χ1) is 7.04. The Hall–Kier alpha value is -2.04. The summed E-state index contributed by atoms with van der Waals surface area (Å²) in [6.45, 7) is 1.86. The molecule has 0 aliphatic carbocycles. The van der Waals surface area contributed by atoms with Crippen LogP contribution in [0.2, 0.25) is 0 Å². The Morgan fingerprint density at radius 1 is 1.40 bits per heavy atom. The molecule has 1 aromatic carbocycles. The van der Waals surface area contributed by atoms with Gasteiger partial charge in [0.1, 0.15) is 5.75 Å². The SMILES string of the molecule is COc1ccc(C)cc1NC(=O)C(N)=O. The molecule has 0 aliphatic heterocycles. The van der Waals surface area contributed by atoms with Gasteiger partial charge in [-0.05, 0) is 24.6 Å². The molecule has 0 saturated carbocycles. The van der Waals surface area contributed by atoms with Crippen LogP contribution < -0.4 is 15.8 Å². The molecule has 0 atom stereocenters. The minimum Gasteiger partial charge on any atom is -0.495 e. The zero-order chi connectivity index (χ0) is 11.4. The van der Waals surface area contributed by atoms with E-state index in [9.17, 15) is 9.59 Å². The standard InChI is InChI=1S/C10H12N2O3/c1-6-3-4-8(15-2)7(5-6)12-10(14)9(11)13/h3-5H,1-2H3,(H2,11,13)(H,12,14). The molecule has 5 heteroatoms. The number of rotatable bonds is 2. The van der Waals surface area contributed by atoms with Gasteiger partial charge in [0.15, 0.2) is 0 Å². The largest absolute Gasteiger partial charge is 0.495 e. The van der Waals surface area contributed by atoms with E-state index < -0.39 is 11.8 Å². The van der Waals surface area contributed by atoms with E-state index in [0.717, 1.165) is 5.56 Å². The third-order valence-corrected chi connectivity index (χ3v) is 1.83. The number of benzene rings is 1. The van der Waals surface area contributed by atoms with E-state index in [2.05, 4.69) is 5.32 Å². The molecule has 0 spiro atoms. The van der Waals surface area contributed by atoms with E-state index in [-0.39, 0.29) is 0 Å². The second kappa shape index (κ2) is 4.45. The van der Waals surface area contributed by atoms with Crippen molar-refractivity contribution in [1.82, 2.24) is 0 Å². The normalized spacial score (nSPS) is 9.47. The molecule has 0 aromatic heterocycles. The number of amides is 2. The minimum atomic E-state index is -1.03. The average Bonchev–Trinajstić information content (AvgIpc) is 2.18. The molecule has 0 heterocycles. The van der Waals surface area contributed by atoms with E-state index in [0.29, 0.717) is 11.4 Å². The summed E-state index contributed by atoms with van der Waals surface area (Å²) in [4.78, 5) is 21.6. The molecule has 2 amide bonds. The second-order valence-corrected chi connectivity index (χ2v) is 3.02. The lowest BCUT2D eigenvalue weighted by Crippen LogP contribution is -2.29. The number of hydrogen-bond donors (Lipinski definition) is 2. The Kier molecular flexibility index (Phi) is 3.28. The summed E-state index contributed by atoms with van der Waals surface area (Å²) in [7, 11) is 1.48. The topological polar surface area (TPSA) is 81.4 Å². The third-order valence-electron chi connectivity index (χ3n) is 1.83. The maximum atomic E-state index is 11.1. The number of nitrogens with two attached hydrogens (primary N) is 1. The van der Waals surface area contributed by atoms with Gasteiger partial charge in [0.25, 0.3) is 0 Å². The number of carbonyl (C=O) groups excluding carboxylic acids is 2. The van der Waals surface area contributed by atoms with Crippen molar-refractivity contribution < 1.29 is 14.3 Å². The number of methoxy groups -OCH3 is 1. The van der Waals surface area contributed by atoms with Gasteiger partial charge in [-0.25, -0.2) is 0 Å². The van der Waals surface area contributed by atoms with E-state index in [1.54, 1.807) is 12.1 Å². The molecule has 0 unspecified atom stereocenters. The first kappa shape index (κ1) is 11.0. The van der Waals surface area contributed by atoms with Crippen LogP contribution >= 0.6 is 0 Å². The van der Waals surface area contributed by atoms with Gasteiger partial charge in [-0.2, -0.15) is 0 Å². The number of primary amides is 1. The molecule has 1 rings (SSSR count). The predicted octanol–water partition coefficient (Wildman–Crippen LogP) is 0.427. The summed E-state index contributed by atoms with van der Waals surface area (Å²) in [6, 6.07) is 5.23. The molecular weight excluding hydrogens is 196 g/mol. The Labute approximate surface area is 87.2 Å². The fourth-order valence-corrected chi connectivity index (χ4v) is 1.10. The van der Waals surface area contributed by atoms with Gasteiger partial charge in [0.05, 0.1) is 12.8 Å². The van der Waals surface area contributed by atoms with Crippen LogP contribution in [0, 0.1) is 6.92 Å². The van der Waals surface area contributed by atoms with Crippen molar-refractivity contribution >= 4 is 17.5 Å². The highest BCUT2D eigenvalue weighted by Crippen LogP contribution is 2.24. The summed E-state index contributed by atoms with van der Waals surface area (Å²) >= 11 is 0. The van der Waals surface area contributed by atoms with E-state index in [1.807, 2.05) is 13.0 Å². The third kappa shape index (κ3) is 2.70. The number of nitrogens with one attached hydrogen (secondary N) is 1. The Morgan fingerprint density at radius 3 is 2.60 bits per heavy atom. The molecule has 1 aromatic rings. The van der Waals surface area contributed by atoms with Crippen molar-refractivity contribution in [1.29, 1.82) is 0 Å². The number of aryl methyl sites for hydroxylation is 1. The van der Waals surface area contributed by atoms with Crippen LogP contribution in [-0.2, 0) is 9.59 Å². The van der Waals surface area contributed by atoms with Crippen LogP contribution in [0.5, 0.6) is 5.75 Å². The zero-order valence-electron chi connectivity index (χ0n) is 8.53. The van der Waals surface area contributed by atoms with Crippen molar-refractivity contribution in [2.45, 2.75) is 6.92 Å². The lowest BCUT2D eigenvalue weighted by atomic mass is 10.2. The number of ether oxygens (including phenoxy) is 1. The molecule has 5 nitrogen and oxygen atoms in total. The second-order valence-electron chi connectivity index (χ2n) is 3.02. The molecular formula is C10H12N2O3.